The molecule has 0 heterocycles. The third kappa shape index (κ3) is 3.71. The van der Waals surface area contributed by atoms with E-state index >= 15 is 0 Å². The van der Waals surface area contributed by atoms with Crippen LogP contribution in [-0.4, -0.2) is 21.1 Å². The zero-order valence-corrected chi connectivity index (χ0v) is 13.4. The van der Waals surface area contributed by atoms with Crippen molar-refractivity contribution in [1.82, 2.24) is 4.72 Å². The van der Waals surface area contributed by atoms with Gasteiger partial charge in [-0.25, -0.2) is 13.1 Å². The topological polar surface area (TPSA) is 81.4 Å². The van der Waals surface area contributed by atoms with Crippen LogP contribution in [0.15, 0.2) is 23.1 Å². The Bertz CT molecular complexity index is 552. The van der Waals surface area contributed by atoms with E-state index in [0.717, 1.165) is 5.56 Å². The van der Waals surface area contributed by atoms with Crippen LogP contribution in [0.1, 0.15) is 39.2 Å². The predicted octanol–water partition coefficient (Wildman–Crippen LogP) is 2.01. The molecule has 114 valence electrons. The molecule has 5 nitrogen and oxygen atoms in total. The number of benzene rings is 1. The van der Waals surface area contributed by atoms with Crippen LogP contribution >= 0.6 is 0 Å². The van der Waals surface area contributed by atoms with Gasteiger partial charge in [0.1, 0.15) is 10.6 Å². The van der Waals surface area contributed by atoms with Crippen molar-refractivity contribution in [1.29, 1.82) is 0 Å². The molecule has 0 aromatic heterocycles. The number of nitrogens with two attached hydrogens (primary N) is 1. The van der Waals surface area contributed by atoms with Crippen molar-refractivity contribution in [3.05, 3.63) is 23.8 Å². The molecule has 0 spiro atoms. The summed E-state index contributed by atoms with van der Waals surface area (Å²) in [5.41, 5.74) is 5.86. The minimum absolute atomic E-state index is 0.135. The van der Waals surface area contributed by atoms with Crippen molar-refractivity contribution >= 4 is 10.0 Å². The van der Waals surface area contributed by atoms with Gasteiger partial charge in [0.2, 0.25) is 10.0 Å². The third-order valence-electron chi connectivity index (χ3n) is 3.69. The molecule has 0 unspecified atom stereocenters. The molecule has 6 heteroatoms. The second kappa shape index (κ2) is 6.56. The summed E-state index contributed by atoms with van der Waals surface area (Å²) in [6, 6.07) is 4.95. The summed E-state index contributed by atoms with van der Waals surface area (Å²) in [6.07, 6.45) is 1.42. The number of hydrogen-bond donors (Lipinski definition) is 2. The molecule has 0 saturated heterocycles. The van der Waals surface area contributed by atoms with Crippen LogP contribution in [-0.2, 0) is 16.6 Å². The van der Waals surface area contributed by atoms with Crippen molar-refractivity contribution in [2.75, 3.05) is 7.11 Å². The highest BCUT2D eigenvalue weighted by atomic mass is 32.2. The second-order valence-electron chi connectivity index (χ2n) is 5.06. The SMILES string of the molecule is CCC(C)(CC)NS(=O)(=O)c1cc(CN)ccc1OC. The highest BCUT2D eigenvalue weighted by Crippen LogP contribution is 2.27. The number of ether oxygens (including phenoxy) is 1. The average Bonchev–Trinajstić information content (AvgIpc) is 2.45. The van der Waals surface area contributed by atoms with Gasteiger partial charge < -0.3 is 10.5 Å². The molecular formula is C14H24N2O3S. The van der Waals surface area contributed by atoms with E-state index in [2.05, 4.69) is 4.72 Å². The molecule has 0 radical (unpaired) electrons. The quantitative estimate of drug-likeness (QED) is 0.807. The number of sulfonamides is 1. The van der Waals surface area contributed by atoms with E-state index < -0.39 is 15.6 Å². The van der Waals surface area contributed by atoms with Crippen molar-refractivity contribution in [3.8, 4) is 5.75 Å². The van der Waals surface area contributed by atoms with Gasteiger partial charge in [-0.1, -0.05) is 19.9 Å². The predicted molar refractivity (Wildman–Crippen MR) is 80.2 cm³/mol. The van der Waals surface area contributed by atoms with E-state index in [9.17, 15) is 8.42 Å². The van der Waals surface area contributed by atoms with E-state index in [-0.39, 0.29) is 11.4 Å². The summed E-state index contributed by atoms with van der Waals surface area (Å²) >= 11 is 0. The van der Waals surface area contributed by atoms with Crippen LogP contribution < -0.4 is 15.2 Å². The Balaban J connectivity index is 3.27. The van der Waals surface area contributed by atoms with Gasteiger partial charge in [0.15, 0.2) is 0 Å². The van der Waals surface area contributed by atoms with Crippen LogP contribution in [0.25, 0.3) is 0 Å². The molecule has 0 atom stereocenters. The Morgan fingerprint density at radius 3 is 2.35 bits per heavy atom. The minimum Gasteiger partial charge on any atom is -0.495 e. The van der Waals surface area contributed by atoms with E-state index in [4.69, 9.17) is 10.5 Å². The van der Waals surface area contributed by atoms with Crippen molar-refractivity contribution in [2.45, 2.75) is 50.6 Å². The van der Waals surface area contributed by atoms with Crippen LogP contribution in [0.5, 0.6) is 5.75 Å². The van der Waals surface area contributed by atoms with Crippen LogP contribution in [0.2, 0.25) is 0 Å². The van der Waals surface area contributed by atoms with Crippen LogP contribution in [0, 0.1) is 0 Å². The molecule has 0 bridgehead atoms. The molecule has 0 fully saturated rings. The number of rotatable bonds is 7. The Labute approximate surface area is 121 Å². The second-order valence-corrected chi connectivity index (χ2v) is 6.71. The van der Waals surface area contributed by atoms with Gasteiger partial charge in [-0.2, -0.15) is 0 Å². The van der Waals surface area contributed by atoms with Gasteiger partial charge in [-0.05, 0) is 37.5 Å². The average molecular weight is 300 g/mol. The lowest BCUT2D eigenvalue weighted by Gasteiger charge is -2.28. The summed E-state index contributed by atoms with van der Waals surface area (Å²) < 4.78 is 33.1. The smallest absolute Gasteiger partial charge is 0.244 e. The third-order valence-corrected chi connectivity index (χ3v) is 5.35. The number of nitrogens with one attached hydrogen (secondary N) is 1. The summed E-state index contributed by atoms with van der Waals surface area (Å²) in [6.45, 7) is 6.09. The largest absolute Gasteiger partial charge is 0.495 e. The zero-order valence-electron chi connectivity index (χ0n) is 12.6. The maximum Gasteiger partial charge on any atom is 0.244 e. The summed E-state index contributed by atoms with van der Waals surface area (Å²) in [5, 5.41) is 0. The highest BCUT2D eigenvalue weighted by molar-refractivity contribution is 7.89. The summed E-state index contributed by atoms with van der Waals surface area (Å²) in [5.74, 6) is 0.323. The highest BCUT2D eigenvalue weighted by Gasteiger charge is 2.29. The summed E-state index contributed by atoms with van der Waals surface area (Å²) in [7, 11) is -2.19. The Morgan fingerprint density at radius 2 is 1.90 bits per heavy atom. The van der Waals surface area contributed by atoms with Crippen LogP contribution in [0.3, 0.4) is 0 Å². The first-order valence-corrected chi connectivity index (χ1v) is 8.21. The molecule has 20 heavy (non-hydrogen) atoms. The van der Waals surface area contributed by atoms with Gasteiger partial charge in [-0.15, -0.1) is 0 Å². The fourth-order valence-electron chi connectivity index (χ4n) is 1.83. The molecule has 0 aliphatic heterocycles. The molecule has 1 rings (SSSR count). The Kier molecular flexibility index (Phi) is 5.56. The first kappa shape index (κ1) is 16.9. The van der Waals surface area contributed by atoms with Gasteiger partial charge in [0, 0.05) is 12.1 Å². The molecular weight excluding hydrogens is 276 g/mol. The molecule has 0 aliphatic carbocycles. The molecule has 3 N–H and O–H groups in total. The monoisotopic (exact) mass is 300 g/mol. The first-order valence-electron chi connectivity index (χ1n) is 6.73. The number of hydrogen-bond acceptors (Lipinski definition) is 4. The Morgan fingerprint density at radius 1 is 1.30 bits per heavy atom. The van der Waals surface area contributed by atoms with Crippen molar-refractivity contribution in [2.24, 2.45) is 5.73 Å². The maximum absolute atomic E-state index is 12.6. The van der Waals surface area contributed by atoms with Gasteiger partial charge in [0.25, 0.3) is 0 Å². The van der Waals surface area contributed by atoms with E-state index in [1.807, 2.05) is 20.8 Å². The lowest BCUT2D eigenvalue weighted by molar-refractivity contribution is 0.382. The molecule has 0 aliphatic rings. The molecule has 1 aromatic carbocycles. The minimum atomic E-state index is -3.65. The van der Waals surface area contributed by atoms with E-state index in [1.54, 1.807) is 18.2 Å². The first-order chi connectivity index (χ1) is 9.31. The van der Waals surface area contributed by atoms with Gasteiger partial charge in [-0.3, -0.25) is 0 Å². The van der Waals surface area contributed by atoms with Gasteiger partial charge in [0.05, 0.1) is 7.11 Å². The zero-order chi connectivity index (χ0) is 15.4. The fourth-order valence-corrected chi connectivity index (χ4v) is 3.60. The normalized spacial score (nSPS) is 12.4. The lowest BCUT2D eigenvalue weighted by Crippen LogP contribution is -2.44. The molecule has 0 amide bonds. The standard InChI is InChI=1S/C14H24N2O3S/c1-5-14(3,6-2)16-20(17,18)13-9-11(10-15)7-8-12(13)19-4/h7-9,16H,5-6,10,15H2,1-4H3. The fraction of sp³-hybridized carbons (Fsp3) is 0.571. The molecule has 0 saturated carbocycles. The maximum atomic E-state index is 12.6. The Hall–Kier alpha value is -1.11. The van der Waals surface area contributed by atoms with Crippen LogP contribution in [0.4, 0.5) is 0 Å². The van der Waals surface area contributed by atoms with Crippen molar-refractivity contribution < 1.29 is 13.2 Å². The lowest BCUT2D eigenvalue weighted by atomic mass is 9.98. The number of methoxy groups -OCH3 is 1. The van der Waals surface area contributed by atoms with Crippen molar-refractivity contribution in [3.63, 3.8) is 0 Å². The van der Waals surface area contributed by atoms with E-state index in [1.165, 1.54) is 7.11 Å². The van der Waals surface area contributed by atoms with Gasteiger partial charge >= 0.3 is 0 Å². The molecule has 1 aromatic rings. The summed E-state index contributed by atoms with van der Waals surface area (Å²) in [4.78, 5) is 0.135. The van der Waals surface area contributed by atoms with E-state index in [0.29, 0.717) is 18.6 Å².